The van der Waals surface area contributed by atoms with Gasteiger partial charge >= 0.3 is 0 Å². The maximum absolute atomic E-state index is 6.19. The number of methoxy groups -OCH3 is 1. The number of oxazole rings is 1. The van der Waals surface area contributed by atoms with Crippen molar-refractivity contribution in [3.63, 3.8) is 0 Å². The van der Waals surface area contributed by atoms with Crippen LogP contribution >= 0.6 is 0 Å². The Morgan fingerprint density at radius 1 is 0.720 bits per heavy atom. The second kappa shape index (κ2) is 6.65. The summed E-state index contributed by atoms with van der Waals surface area (Å²) in [4.78, 5) is 4.79. The zero-order valence-corrected chi connectivity index (χ0v) is 13.8. The van der Waals surface area contributed by atoms with Gasteiger partial charge in [-0.1, -0.05) is 72.8 Å². The maximum atomic E-state index is 6.19. The number of benzene rings is 3. The summed E-state index contributed by atoms with van der Waals surface area (Å²) in [5.74, 6) is 2.05. The van der Waals surface area contributed by atoms with E-state index < -0.39 is 0 Å². The van der Waals surface area contributed by atoms with Gasteiger partial charge in [0, 0.05) is 11.1 Å². The van der Waals surface area contributed by atoms with Gasteiger partial charge in [-0.3, -0.25) is 0 Å². The molecule has 0 spiro atoms. The van der Waals surface area contributed by atoms with Gasteiger partial charge in [0.05, 0.1) is 12.7 Å². The molecule has 0 radical (unpaired) electrons. The highest BCUT2D eigenvalue weighted by Crippen LogP contribution is 2.38. The second-order valence-corrected chi connectivity index (χ2v) is 5.63. The Morgan fingerprint density at radius 3 is 2.00 bits per heavy atom. The first-order chi connectivity index (χ1) is 12.4. The monoisotopic (exact) mass is 327 g/mol. The molecule has 3 heteroatoms. The zero-order valence-electron chi connectivity index (χ0n) is 13.8. The van der Waals surface area contributed by atoms with Crippen LogP contribution in [-0.2, 0) is 0 Å². The van der Waals surface area contributed by atoms with Crippen molar-refractivity contribution in [3.8, 4) is 39.8 Å². The van der Waals surface area contributed by atoms with Crippen LogP contribution in [0.2, 0.25) is 0 Å². The summed E-state index contributed by atoms with van der Waals surface area (Å²) in [6, 6.07) is 27.8. The first-order valence-electron chi connectivity index (χ1n) is 8.12. The molecule has 1 heterocycles. The molecule has 0 amide bonds. The predicted octanol–water partition coefficient (Wildman–Crippen LogP) is 5.68. The topological polar surface area (TPSA) is 35.3 Å². The minimum Gasteiger partial charge on any atom is -0.496 e. The lowest BCUT2D eigenvalue weighted by molar-refractivity contribution is 0.414. The van der Waals surface area contributed by atoms with Gasteiger partial charge in [0.15, 0.2) is 5.76 Å². The van der Waals surface area contributed by atoms with Gasteiger partial charge in [-0.25, -0.2) is 4.98 Å². The summed E-state index contributed by atoms with van der Waals surface area (Å²) in [6.07, 6.45) is 0. The van der Waals surface area contributed by atoms with Gasteiger partial charge in [0.2, 0.25) is 5.89 Å². The van der Waals surface area contributed by atoms with Crippen LogP contribution in [0.1, 0.15) is 0 Å². The molecule has 4 rings (SSSR count). The van der Waals surface area contributed by atoms with Crippen molar-refractivity contribution in [1.82, 2.24) is 4.98 Å². The van der Waals surface area contributed by atoms with E-state index in [9.17, 15) is 0 Å². The molecule has 0 aliphatic carbocycles. The molecule has 0 atom stereocenters. The lowest BCUT2D eigenvalue weighted by Gasteiger charge is -2.03. The van der Waals surface area contributed by atoms with Crippen LogP contribution in [0.5, 0.6) is 5.75 Å². The number of para-hydroxylation sites is 1. The van der Waals surface area contributed by atoms with E-state index in [-0.39, 0.29) is 0 Å². The third-order valence-electron chi connectivity index (χ3n) is 4.05. The molecule has 0 aliphatic heterocycles. The lowest BCUT2D eigenvalue weighted by atomic mass is 10.1. The minimum atomic E-state index is 0.551. The molecule has 0 unspecified atom stereocenters. The summed E-state index contributed by atoms with van der Waals surface area (Å²) in [5, 5.41) is 0. The van der Waals surface area contributed by atoms with Gasteiger partial charge in [0.25, 0.3) is 0 Å². The van der Waals surface area contributed by atoms with E-state index >= 15 is 0 Å². The van der Waals surface area contributed by atoms with E-state index in [0.717, 1.165) is 33.9 Å². The normalized spacial score (nSPS) is 10.6. The second-order valence-electron chi connectivity index (χ2n) is 5.63. The fourth-order valence-electron chi connectivity index (χ4n) is 2.83. The fourth-order valence-corrected chi connectivity index (χ4v) is 2.83. The van der Waals surface area contributed by atoms with Crippen molar-refractivity contribution in [2.45, 2.75) is 0 Å². The highest BCUT2D eigenvalue weighted by atomic mass is 16.5. The summed E-state index contributed by atoms with van der Waals surface area (Å²) in [7, 11) is 1.65. The molecule has 0 N–H and O–H groups in total. The quantitative estimate of drug-likeness (QED) is 0.483. The minimum absolute atomic E-state index is 0.551. The standard InChI is InChI=1S/C22H17NO2/c1-24-19-15-9-8-14-18(19)22-23-20(16-10-4-2-5-11-16)21(25-22)17-12-6-3-7-13-17/h2-15H,1H3. The van der Waals surface area contributed by atoms with E-state index in [1.54, 1.807) is 7.11 Å². The first kappa shape index (κ1) is 15.2. The number of ether oxygens (including phenoxy) is 1. The average Bonchev–Trinajstić information content (AvgIpc) is 3.14. The van der Waals surface area contributed by atoms with E-state index in [1.807, 2.05) is 84.9 Å². The number of aromatic nitrogens is 1. The van der Waals surface area contributed by atoms with Gasteiger partial charge < -0.3 is 9.15 Å². The third-order valence-corrected chi connectivity index (χ3v) is 4.05. The van der Waals surface area contributed by atoms with E-state index in [1.165, 1.54) is 0 Å². The molecular formula is C22H17NO2. The number of hydrogen-bond donors (Lipinski definition) is 0. The Morgan fingerprint density at radius 2 is 1.32 bits per heavy atom. The molecular weight excluding hydrogens is 310 g/mol. The summed E-state index contributed by atoms with van der Waals surface area (Å²) >= 11 is 0. The fraction of sp³-hybridized carbons (Fsp3) is 0.0455. The van der Waals surface area contributed by atoms with Crippen LogP contribution in [0, 0.1) is 0 Å². The van der Waals surface area contributed by atoms with Gasteiger partial charge in [-0.05, 0) is 12.1 Å². The summed E-state index contributed by atoms with van der Waals surface area (Å²) in [5.41, 5.74) is 3.68. The van der Waals surface area contributed by atoms with Crippen molar-refractivity contribution < 1.29 is 9.15 Å². The van der Waals surface area contributed by atoms with Crippen LogP contribution in [0.3, 0.4) is 0 Å². The Kier molecular flexibility index (Phi) is 4.05. The van der Waals surface area contributed by atoms with E-state index in [0.29, 0.717) is 5.89 Å². The van der Waals surface area contributed by atoms with Crippen molar-refractivity contribution >= 4 is 0 Å². The molecule has 1 aromatic heterocycles. The molecule has 0 fully saturated rings. The van der Waals surface area contributed by atoms with Gasteiger partial charge in [0.1, 0.15) is 11.4 Å². The molecule has 4 aromatic rings. The van der Waals surface area contributed by atoms with Crippen molar-refractivity contribution in [1.29, 1.82) is 0 Å². The molecule has 3 nitrogen and oxygen atoms in total. The van der Waals surface area contributed by atoms with Crippen molar-refractivity contribution in [2.75, 3.05) is 7.11 Å². The third kappa shape index (κ3) is 2.92. The van der Waals surface area contributed by atoms with E-state index in [2.05, 4.69) is 0 Å². The number of hydrogen-bond acceptors (Lipinski definition) is 3. The molecule has 0 saturated heterocycles. The Hall–Kier alpha value is -3.33. The SMILES string of the molecule is COc1ccccc1-c1nc(-c2ccccc2)c(-c2ccccc2)o1. The average molecular weight is 327 g/mol. The lowest BCUT2D eigenvalue weighted by Crippen LogP contribution is -1.87. The van der Waals surface area contributed by atoms with Crippen LogP contribution in [0.4, 0.5) is 0 Å². The van der Waals surface area contributed by atoms with Crippen molar-refractivity contribution in [3.05, 3.63) is 84.9 Å². The van der Waals surface area contributed by atoms with Crippen LogP contribution in [-0.4, -0.2) is 12.1 Å². The molecule has 0 aliphatic rings. The van der Waals surface area contributed by atoms with E-state index in [4.69, 9.17) is 14.1 Å². The zero-order chi connectivity index (χ0) is 17.1. The molecule has 0 saturated carbocycles. The largest absolute Gasteiger partial charge is 0.496 e. The van der Waals surface area contributed by atoms with Crippen molar-refractivity contribution in [2.24, 2.45) is 0 Å². The summed E-state index contributed by atoms with van der Waals surface area (Å²) < 4.78 is 11.7. The van der Waals surface area contributed by atoms with Crippen LogP contribution < -0.4 is 4.74 Å². The van der Waals surface area contributed by atoms with Gasteiger partial charge in [-0.15, -0.1) is 0 Å². The maximum Gasteiger partial charge on any atom is 0.231 e. The molecule has 0 bridgehead atoms. The Labute approximate surface area is 146 Å². The first-order valence-corrected chi connectivity index (χ1v) is 8.12. The number of nitrogens with zero attached hydrogens (tertiary/aromatic N) is 1. The smallest absolute Gasteiger partial charge is 0.231 e. The molecule has 122 valence electrons. The summed E-state index contributed by atoms with van der Waals surface area (Å²) in [6.45, 7) is 0. The predicted molar refractivity (Wildman–Crippen MR) is 99.4 cm³/mol. The Bertz CT molecular complexity index is 918. The highest BCUT2D eigenvalue weighted by molar-refractivity contribution is 5.79. The van der Waals surface area contributed by atoms with Gasteiger partial charge in [-0.2, -0.15) is 0 Å². The highest BCUT2D eigenvalue weighted by Gasteiger charge is 2.19. The Balaban J connectivity index is 1.93. The number of rotatable bonds is 4. The molecule has 25 heavy (non-hydrogen) atoms. The van der Waals surface area contributed by atoms with Crippen LogP contribution in [0.25, 0.3) is 34.0 Å². The van der Waals surface area contributed by atoms with Crippen LogP contribution in [0.15, 0.2) is 89.3 Å². The molecule has 3 aromatic carbocycles.